The van der Waals surface area contributed by atoms with Crippen LogP contribution in [0, 0.1) is 6.92 Å². The molecule has 3 nitrogen and oxygen atoms in total. The second-order valence-electron chi connectivity index (χ2n) is 2.27. The van der Waals surface area contributed by atoms with Crippen LogP contribution in [0.1, 0.15) is 11.1 Å². The monoisotopic (exact) mass is 172 g/mol. The van der Waals surface area contributed by atoms with Crippen molar-refractivity contribution in [1.29, 1.82) is 0 Å². The number of pyridine rings is 1. The van der Waals surface area contributed by atoms with E-state index in [1.165, 1.54) is 6.20 Å². The van der Waals surface area contributed by atoms with Gasteiger partial charge in [-0.25, -0.2) is 0 Å². The Morgan fingerprint density at radius 2 is 2.36 bits per heavy atom. The molecule has 0 unspecified atom stereocenters. The Bertz CT molecular complexity index is 319. The number of aromatic nitrogens is 1. The molecule has 0 fully saturated rings. The normalized spacial score (nSPS) is 10.1. The van der Waals surface area contributed by atoms with Crippen LogP contribution >= 0.6 is 11.6 Å². The van der Waals surface area contributed by atoms with Crippen LogP contribution in [-0.4, -0.2) is 4.98 Å². The Balaban J connectivity index is 3.41. The average molecular weight is 173 g/mol. The van der Waals surface area contributed by atoms with Gasteiger partial charge in [-0.2, -0.15) is 0 Å². The van der Waals surface area contributed by atoms with Gasteiger partial charge in [-0.1, -0.05) is 11.6 Å². The van der Waals surface area contributed by atoms with Gasteiger partial charge in [0.1, 0.15) is 0 Å². The summed E-state index contributed by atoms with van der Waals surface area (Å²) in [4.78, 5) is 13.5. The summed E-state index contributed by atoms with van der Waals surface area (Å²) >= 11 is 5.74. The smallest absolute Gasteiger partial charge is 0.252 e. The molecule has 0 amide bonds. The summed E-state index contributed by atoms with van der Waals surface area (Å²) in [7, 11) is 0. The van der Waals surface area contributed by atoms with E-state index in [1.807, 2.05) is 0 Å². The number of nitrogens with one attached hydrogen (secondary N) is 1. The minimum atomic E-state index is -0.158. The van der Waals surface area contributed by atoms with Gasteiger partial charge < -0.3 is 10.7 Å². The highest BCUT2D eigenvalue weighted by atomic mass is 35.5. The highest BCUT2D eigenvalue weighted by molar-refractivity contribution is 6.31. The third kappa shape index (κ3) is 1.44. The van der Waals surface area contributed by atoms with Gasteiger partial charge in [0.25, 0.3) is 5.56 Å². The first kappa shape index (κ1) is 8.30. The predicted molar refractivity (Wildman–Crippen MR) is 44.7 cm³/mol. The van der Waals surface area contributed by atoms with E-state index in [-0.39, 0.29) is 12.1 Å². The Morgan fingerprint density at radius 1 is 1.73 bits per heavy atom. The molecule has 0 radical (unpaired) electrons. The van der Waals surface area contributed by atoms with Crippen molar-refractivity contribution in [3.8, 4) is 0 Å². The number of nitrogens with two attached hydrogens (primary N) is 1. The van der Waals surface area contributed by atoms with Crippen molar-refractivity contribution >= 4 is 11.6 Å². The van der Waals surface area contributed by atoms with E-state index in [0.717, 1.165) is 5.56 Å². The molecule has 1 aromatic heterocycles. The van der Waals surface area contributed by atoms with Crippen molar-refractivity contribution < 1.29 is 0 Å². The van der Waals surface area contributed by atoms with Crippen LogP contribution in [0.2, 0.25) is 5.02 Å². The minimum Gasteiger partial charge on any atom is -0.327 e. The summed E-state index contributed by atoms with van der Waals surface area (Å²) in [6, 6.07) is 0. The topological polar surface area (TPSA) is 58.9 Å². The van der Waals surface area contributed by atoms with Crippen molar-refractivity contribution in [3.05, 3.63) is 32.7 Å². The molecule has 60 valence electrons. The molecule has 0 aliphatic carbocycles. The summed E-state index contributed by atoms with van der Waals surface area (Å²) in [5.74, 6) is 0. The molecule has 0 saturated carbocycles. The lowest BCUT2D eigenvalue weighted by atomic mass is 10.1. The lowest BCUT2D eigenvalue weighted by Crippen LogP contribution is -2.17. The number of H-pyrrole nitrogens is 1. The summed E-state index contributed by atoms with van der Waals surface area (Å²) in [6.45, 7) is 2.00. The van der Waals surface area contributed by atoms with Gasteiger partial charge in [-0.15, -0.1) is 0 Å². The summed E-state index contributed by atoms with van der Waals surface area (Å²) < 4.78 is 0. The molecule has 3 N–H and O–H groups in total. The quantitative estimate of drug-likeness (QED) is 0.658. The molecule has 11 heavy (non-hydrogen) atoms. The standard InChI is InChI=1S/C7H9ClN2O/c1-4-5(2-9)7(11)10-3-6(4)8/h3H,2,9H2,1H3,(H,10,11). The van der Waals surface area contributed by atoms with E-state index in [1.54, 1.807) is 6.92 Å². The van der Waals surface area contributed by atoms with E-state index < -0.39 is 0 Å². The molecule has 4 heteroatoms. The second kappa shape index (κ2) is 3.07. The van der Waals surface area contributed by atoms with Crippen molar-refractivity contribution in [2.24, 2.45) is 5.73 Å². The largest absolute Gasteiger partial charge is 0.327 e. The van der Waals surface area contributed by atoms with Crippen molar-refractivity contribution in [2.45, 2.75) is 13.5 Å². The fraction of sp³-hybridized carbons (Fsp3) is 0.286. The molecule has 0 aliphatic rings. The summed E-state index contributed by atoms with van der Waals surface area (Å²) in [5.41, 5.74) is 6.50. The van der Waals surface area contributed by atoms with Gasteiger partial charge in [0.2, 0.25) is 0 Å². The highest BCUT2D eigenvalue weighted by Crippen LogP contribution is 2.13. The molecule has 0 aliphatic heterocycles. The zero-order valence-electron chi connectivity index (χ0n) is 6.15. The van der Waals surface area contributed by atoms with Crippen LogP contribution in [0.4, 0.5) is 0 Å². The van der Waals surface area contributed by atoms with Gasteiger partial charge in [-0.3, -0.25) is 4.79 Å². The molecule has 0 atom stereocenters. The van der Waals surface area contributed by atoms with Crippen molar-refractivity contribution in [3.63, 3.8) is 0 Å². The zero-order valence-corrected chi connectivity index (χ0v) is 6.90. The lowest BCUT2D eigenvalue weighted by Gasteiger charge is -2.01. The fourth-order valence-electron chi connectivity index (χ4n) is 0.885. The summed E-state index contributed by atoms with van der Waals surface area (Å²) in [5, 5.41) is 0.546. The van der Waals surface area contributed by atoms with E-state index in [9.17, 15) is 4.79 Å². The van der Waals surface area contributed by atoms with Gasteiger partial charge in [-0.05, 0) is 12.5 Å². The van der Waals surface area contributed by atoms with Gasteiger partial charge in [0.05, 0.1) is 5.02 Å². The first-order valence-electron chi connectivity index (χ1n) is 3.23. The number of hydrogen-bond acceptors (Lipinski definition) is 2. The van der Waals surface area contributed by atoms with Crippen LogP contribution < -0.4 is 11.3 Å². The van der Waals surface area contributed by atoms with Crippen LogP contribution in [0.3, 0.4) is 0 Å². The third-order valence-corrected chi connectivity index (χ3v) is 2.01. The van der Waals surface area contributed by atoms with E-state index >= 15 is 0 Å². The van der Waals surface area contributed by atoms with E-state index in [0.29, 0.717) is 10.6 Å². The average Bonchev–Trinajstić information content (AvgIpc) is 1.99. The second-order valence-corrected chi connectivity index (χ2v) is 2.68. The molecule has 1 rings (SSSR count). The molecule has 0 spiro atoms. The Hall–Kier alpha value is -0.800. The first-order valence-corrected chi connectivity index (χ1v) is 3.61. The molecule has 0 saturated heterocycles. The fourth-order valence-corrected chi connectivity index (χ4v) is 1.05. The molecule has 1 heterocycles. The van der Waals surface area contributed by atoms with E-state index in [4.69, 9.17) is 17.3 Å². The summed E-state index contributed by atoms with van der Waals surface area (Å²) in [6.07, 6.45) is 1.47. The molecular weight excluding hydrogens is 164 g/mol. The first-order chi connectivity index (χ1) is 5.16. The van der Waals surface area contributed by atoms with Crippen molar-refractivity contribution in [1.82, 2.24) is 4.98 Å². The Labute approximate surface area is 69.2 Å². The number of halogens is 1. The Kier molecular flexibility index (Phi) is 2.31. The molecule has 0 aromatic carbocycles. The van der Waals surface area contributed by atoms with Crippen LogP contribution in [0.15, 0.2) is 11.0 Å². The lowest BCUT2D eigenvalue weighted by molar-refractivity contribution is 0.994. The molecular formula is C7H9ClN2O. The number of hydrogen-bond donors (Lipinski definition) is 2. The van der Waals surface area contributed by atoms with Crippen LogP contribution in [-0.2, 0) is 6.54 Å². The number of aromatic amines is 1. The maximum atomic E-state index is 11.0. The van der Waals surface area contributed by atoms with Crippen LogP contribution in [0.25, 0.3) is 0 Å². The SMILES string of the molecule is Cc1c(Cl)c[nH]c(=O)c1CN. The van der Waals surface area contributed by atoms with Gasteiger partial charge in [0, 0.05) is 18.3 Å². The maximum Gasteiger partial charge on any atom is 0.252 e. The molecule has 0 bridgehead atoms. The van der Waals surface area contributed by atoms with E-state index in [2.05, 4.69) is 4.98 Å². The predicted octanol–water partition coefficient (Wildman–Crippen LogP) is 0.795. The van der Waals surface area contributed by atoms with Gasteiger partial charge >= 0.3 is 0 Å². The van der Waals surface area contributed by atoms with Crippen molar-refractivity contribution in [2.75, 3.05) is 0 Å². The molecule has 1 aromatic rings. The highest BCUT2D eigenvalue weighted by Gasteiger charge is 2.04. The minimum absolute atomic E-state index is 0.158. The maximum absolute atomic E-state index is 11.0. The zero-order chi connectivity index (χ0) is 8.43. The van der Waals surface area contributed by atoms with Gasteiger partial charge in [0.15, 0.2) is 0 Å². The third-order valence-electron chi connectivity index (χ3n) is 1.62. The van der Waals surface area contributed by atoms with Crippen LogP contribution in [0.5, 0.6) is 0 Å². The Morgan fingerprint density at radius 3 is 2.82 bits per heavy atom. The number of rotatable bonds is 1.